The third kappa shape index (κ3) is 11.0. The Bertz CT molecular complexity index is 714. The van der Waals surface area contributed by atoms with Crippen molar-refractivity contribution in [2.75, 3.05) is 59.4 Å². The highest BCUT2D eigenvalue weighted by atomic mass is 32.2. The fourth-order valence-corrected chi connectivity index (χ4v) is 2.44. The summed E-state index contributed by atoms with van der Waals surface area (Å²) in [6.07, 6.45) is 5.04. The molecule has 0 fully saturated rings. The molecular weight excluding hydrogens is 388 g/mol. The van der Waals surface area contributed by atoms with Crippen molar-refractivity contribution in [1.29, 1.82) is 0 Å². The molecule has 0 unspecified atom stereocenters. The van der Waals surface area contributed by atoms with Crippen molar-refractivity contribution < 1.29 is 32.2 Å². The van der Waals surface area contributed by atoms with Crippen molar-refractivity contribution in [2.24, 2.45) is 5.14 Å². The van der Waals surface area contributed by atoms with Crippen LogP contribution in [0.5, 0.6) is 0 Å². The van der Waals surface area contributed by atoms with Crippen LogP contribution in [0.15, 0.2) is 29.2 Å². The summed E-state index contributed by atoms with van der Waals surface area (Å²) in [7, 11) is -3.77. The van der Waals surface area contributed by atoms with E-state index in [0.717, 1.165) is 0 Å². The van der Waals surface area contributed by atoms with E-state index in [9.17, 15) is 13.2 Å². The summed E-state index contributed by atoms with van der Waals surface area (Å²) in [6, 6.07) is 5.36. The van der Waals surface area contributed by atoms with E-state index < -0.39 is 10.0 Å². The van der Waals surface area contributed by atoms with Gasteiger partial charge in [-0.05, 0) is 24.3 Å². The standard InChI is InChI=1S/C18H26N2O7S/c1-2-8-24-10-12-26-14-15-27-13-11-25-9-7-20-18(21)16-3-5-17(6-4-16)28(19,22)23/h1,3-6H,7-15H2,(H,20,21)(H2,19,22,23). The SMILES string of the molecule is C#CCOCCOCCOCCOCCNC(=O)c1ccc(S(N)(=O)=O)cc1. The summed E-state index contributed by atoms with van der Waals surface area (Å²) in [5, 5.41) is 7.67. The Hall–Kier alpha value is -2.00. The van der Waals surface area contributed by atoms with Crippen LogP contribution in [0, 0.1) is 12.3 Å². The number of hydrogen-bond donors (Lipinski definition) is 2. The topological polar surface area (TPSA) is 126 Å². The zero-order valence-corrected chi connectivity index (χ0v) is 16.4. The molecule has 0 heterocycles. The zero-order chi connectivity index (χ0) is 20.7. The number of carbonyl (C=O) groups is 1. The van der Waals surface area contributed by atoms with Crippen LogP contribution in [0.3, 0.4) is 0 Å². The molecule has 0 saturated heterocycles. The molecule has 9 nitrogen and oxygen atoms in total. The van der Waals surface area contributed by atoms with E-state index in [4.69, 9.17) is 30.5 Å². The fraction of sp³-hybridized carbons (Fsp3) is 0.500. The number of terminal acetylenes is 1. The van der Waals surface area contributed by atoms with E-state index in [0.29, 0.717) is 58.4 Å². The summed E-state index contributed by atoms with van der Waals surface area (Å²) < 4.78 is 43.3. The zero-order valence-electron chi connectivity index (χ0n) is 15.6. The Balaban J connectivity index is 1.98. The lowest BCUT2D eigenvalue weighted by Gasteiger charge is -2.08. The van der Waals surface area contributed by atoms with Crippen molar-refractivity contribution in [1.82, 2.24) is 5.32 Å². The summed E-state index contributed by atoms with van der Waals surface area (Å²) in [5.41, 5.74) is 0.334. The lowest BCUT2D eigenvalue weighted by Crippen LogP contribution is -2.27. The minimum atomic E-state index is -3.77. The number of ether oxygens (including phenoxy) is 4. The van der Waals surface area contributed by atoms with Gasteiger partial charge in [-0.15, -0.1) is 6.42 Å². The number of sulfonamides is 1. The monoisotopic (exact) mass is 414 g/mol. The summed E-state index contributed by atoms with van der Waals surface area (Å²) in [6.45, 7) is 3.56. The van der Waals surface area contributed by atoms with Gasteiger partial charge in [0.15, 0.2) is 0 Å². The third-order valence-electron chi connectivity index (χ3n) is 3.28. The highest BCUT2D eigenvalue weighted by Gasteiger charge is 2.09. The van der Waals surface area contributed by atoms with Crippen molar-refractivity contribution in [2.45, 2.75) is 4.90 Å². The average Bonchev–Trinajstić information content (AvgIpc) is 2.67. The summed E-state index contributed by atoms with van der Waals surface area (Å²) in [5.74, 6) is 2.04. The van der Waals surface area contributed by atoms with Crippen molar-refractivity contribution in [3.8, 4) is 12.3 Å². The first-order valence-corrected chi connectivity index (χ1v) is 10.2. The number of amides is 1. The number of nitrogens with one attached hydrogen (secondary N) is 1. The molecule has 0 aliphatic heterocycles. The number of primary sulfonamides is 1. The van der Waals surface area contributed by atoms with Crippen LogP contribution in [0.25, 0.3) is 0 Å². The smallest absolute Gasteiger partial charge is 0.251 e. The van der Waals surface area contributed by atoms with E-state index in [-0.39, 0.29) is 17.4 Å². The molecular formula is C18H26N2O7S. The van der Waals surface area contributed by atoms with Crippen LogP contribution in [0.2, 0.25) is 0 Å². The van der Waals surface area contributed by atoms with Crippen LogP contribution in [0.1, 0.15) is 10.4 Å². The lowest BCUT2D eigenvalue weighted by atomic mass is 10.2. The lowest BCUT2D eigenvalue weighted by molar-refractivity contribution is 0.00176. The van der Waals surface area contributed by atoms with Gasteiger partial charge in [-0.1, -0.05) is 5.92 Å². The Morgan fingerprint density at radius 1 is 0.929 bits per heavy atom. The largest absolute Gasteiger partial charge is 0.377 e. The number of hydrogen-bond acceptors (Lipinski definition) is 7. The molecule has 156 valence electrons. The summed E-state index contributed by atoms with van der Waals surface area (Å²) >= 11 is 0. The van der Waals surface area contributed by atoms with Crippen LogP contribution in [0.4, 0.5) is 0 Å². The first kappa shape index (κ1) is 24.0. The second-order valence-corrected chi connectivity index (χ2v) is 6.98. The van der Waals surface area contributed by atoms with Gasteiger partial charge in [0.2, 0.25) is 10.0 Å². The van der Waals surface area contributed by atoms with Gasteiger partial charge in [0, 0.05) is 12.1 Å². The highest BCUT2D eigenvalue weighted by Crippen LogP contribution is 2.08. The second-order valence-electron chi connectivity index (χ2n) is 5.42. The highest BCUT2D eigenvalue weighted by molar-refractivity contribution is 7.89. The van der Waals surface area contributed by atoms with E-state index in [1.807, 2.05) is 0 Å². The maximum atomic E-state index is 11.9. The number of carbonyl (C=O) groups excluding carboxylic acids is 1. The van der Waals surface area contributed by atoms with E-state index in [1.165, 1.54) is 24.3 Å². The Labute approximate surface area is 165 Å². The van der Waals surface area contributed by atoms with Gasteiger partial charge in [0.1, 0.15) is 6.61 Å². The second kappa shape index (κ2) is 14.1. The molecule has 0 saturated carbocycles. The predicted octanol–water partition coefficient (Wildman–Crippen LogP) is -0.237. The average molecular weight is 414 g/mol. The first-order valence-electron chi connectivity index (χ1n) is 8.60. The van der Waals surface area contributed by atoms with Gasteiger partial charge < -0.3 is 24.3 Å². The quantitative estimate of drug-likeness (QED) is 0.300. The van der Waals surface area contributed by atoms with E-state index >= 15 is 0 Å². The van der Waals surface area contributed by atoms with Gasteiger partial charge in [0.05, 0.1) is 51.1 Å². The van der Waals surface area contributed by atoms with Crippen LogP contribution >= 0.6 is 0 Å². The van der Waals surface area contributed by atoms with Gasteiger partial charge in [-0.3, -0.25) is 4.79 Å². The Morgan fingerprint density at radius 2 is 1.43 bits per heavy atom. The predicted molar refractivity (Wildman–Crippen MR) is 102 cm³/mol. The van der Waals surface area contributed by atoms with Crippen LogP contribution in [-0.2, 0) is 29.0 Å². The molecule has 1 aromatic carbocycles. The maximum Gasteiger partial charge on any atom is 0.251 e. The Morgan fingerprint density at radius 3 is 1.93 bits per heavy atom. The molecule has 3 N–H and O–H groups in total. The van der Waals surface area contributed by atoms with E-state index in [1.54, 1.807) is 0 Å². The Kier molecular flexibility index (Phi) is 12.1. The maximum absolute atomic E-state index is 11.9. The molecule has 0 aromatic heterocycles. The molecule has 1 rings (SSSR count). The summed E-state index contributed by atoms with van der Waals surface area (Å²) in [4.78, 5) is 11.9. The molecule has 0 aliphatic rings. The van der Waals surface area contributed by atoms with Crippen LogP contribution < -0.4 is 10.5 Å². The molecule has 0 radical (unpaired) electrons. The van der Waals surface area contributed by atoms with Gasteiger partial charge in [-0.2, -0.15) is 0 Å². The normalized spacial score (nSPS) is 11.1. The number of nitrogens with two attached hydrogens (primary N) is 1. The molecule has 1 aromatic rings. The molecule has 0 atom stereocenters. The first-order chi connectivity index (χ1) is 13.4. The van der Waals surface area contributed by atoms with Crippen LogP contribution in [-0.4, -0.2) is 73.7 Å². The molecule has 0 aliphatic carbocycles. The minimum Gasteiger partial charge on any atom is -0.377 e. The number of benzene rings is 1. The molecule has 1 amide bonds. The van der Waals surface area contributed by atoms with Crippen molar-refractivity contribution in [3.63, 3.8) is 0 Å². The molecule has 0 bridgehead atoms. The van der Waals surface area contributed by atoms with Crippen molar-refractivity contribution >= 4 is 15.9 Å². The van der Waals surface area contributed by atoms with Gasteiger partial charge in [0.25, 0.3) is 5.91 Å². The van der Waals surface area contributed by atoms with Gasteiger partial charge >= 0.3 is 0 Å². The third-order valence-corrected chi connectivity index (χ3v) is 4.21. The van der Waals surface area contributed by atoms with E-state index in [2.05, 4.69) is 11.2 Å². The minimum absolute atomic E-state index is 0.0463. The molecule has 10 heteroatoms. The number of rotatable bonds is 15. The molecule has 0 spiro atoms. The van der Waals surface area contributed by atoms with Crippen molar-refractivity contribution in [3.05, 3.63) is 29.8 Å². The fourth-order valence-electron chi connectivity index (χ4n) is 1.93. The van der Waals surface area contributed by atoms with Gasteiger partial charge in [-0.25, -0.2) is 13.6 Å². The molecule has 28 heavy (non-hydrogen) atoms.